The summed E-state index contributed by atoms with van der Waals surface area (Å²) >= 11 is 0. The second kappa shape index (κ2) is 9.50. The van der Waals surface area contributed by atoms with Crippen LogP contribution in [0.15, 0.2) is 78.0 Å². The first kappa shape index (κ1) is 22.0. The highest BCUT2D eigenvalue weighted by atomic mass is 32.2. The molecular formula is C24H25N3O4S. The summed E-state index contributed by atoms with van der Waals surface area (Å²) in [6.07, 6.45) is 4.72. The lowest BCUT2D eigenvalue weighted by molar-refractivity contribution is -0.114. The fourth-order valence-corrected chi connectivity index (χ4v) is 5.20. The van der Waals surface area contributed by atoms with Gasteiger partial charge in [0.2, 0.25) is 15.9 Å². The minimum atomic E-state index is -3.59. The van der Waals surface area contributed by atoms with Crippen LogP contribution in [0.4, 0.5) is 5.69 Å². The van der Waals surface area contributed by atoms with Crippen LogP contribution in [0.2, 0.25) is 0 Å². The number of rotatable bonds is 6. The Bertz CT molecular complexity index is 1170. The molecular weight excluding hydrogens is 426 g/mol. The molecule has 0 atom stereocenters. The van der Waals surface area contributed by atoms with E-state index < -0.39 is 10.0 Å². The van der Waals surface area contributed by atoms with E-state index in [1.807, 2.05) is 42.6 Å². The van der Waals surface area contributed by atoms with E-state index in [2.05, 4.69) is 10.3 Å². The third-order valence-electron chi connectivity index (χ3n) is 5.35. The third kappa shape index (κ3) is 5.15. The zero-order valence-electron chi connectivity index (χ0n) is 17.8. The largest absolute Gasteiger partial charge is 0.490 e. The topological polar surface area (TPSA) is 88.6 Å². The predicted octanol–water partition coefficient (Wildman–Crippen LogP) is 3.94. The smallest absolute Gasteiger partial charge is 0.243 e. The van der Waals surface area contributed by atoms with Crippen molar-refractivity contribution < 1.29 is 17.9 Å². The molecule has 8 heteroatoms. The van der Waals surface area contributed by atoms with Crippen LogP contribution in [-0.4, -0.2) is 42.8 Å². The first-order valence-corrected chi connectivity index (χ1v) is 11.9. The zero-order chi connectivity index (χ0) is 22.6. The quantitative estimate of drug-likeness (QED) is 0.613. The molecule has 0 unspecified atom stereocenters. The number of pyridine rings is 1. The highest BCUT2D eigenvalue weighted by Crippen LogP contribution is 2.27. The van der Waals surface area contributed by atoms with E-state index in [1.54, 1.807) is 18.3 Å². The van der Waals surface area contributed by atoms with Gasteiger partial charge < -0.3 is 10.1 Å². The van der Waals surface area contributed by atoms with Gasteiger partial charge >= 0.3 is 0 Å². The van der Waals surface area contributed by atoms with Crippen molar-refractivity contribution in [2.24, 2.45) is 0 Å². The number of carbonyl (C=O) groups is 1. The van der Waals surface area contributed by atoms with Gasteiger partial charge in [0.05, 0.1) is 4.90 Å². The molecule has 0 spiro atoms. The Kier molecular flexibility index (Phi) is 6.53. The zero-order valence-corrected chi connectivity index (χ0v) is 18.6. The lowest BCUT2D eigenvalue weighted by atomic mass is 10.1. The summed E-state index contributed by atoms with van der Waals surface area (Å²) in [7, 11) is -3.59. The Hall–Kier alpha value is -3.23. The molecule has 1 amide bonds. The standard InChI is InChI=1S/C24H25N3O4S/c1-18(28)26-21-7-9-24(10-8-21)32(29,30)27-14-11-22(12-15-27)31-23-6-2-4-19(16-23)20-5-3-13-25-17-20/h2-10,13,16-17,22H,11-12,14-15H2,1H3,(H,26,28). The number of hydrogen-bond acceptors (Lipinski definition) is 5. The molecule has 3 aromatic rings. The second-order valence-electron chi connectivity index (χ2n) is 7.70. The molecule has 2 heterocycles. The molecule has 4 rings (SSSR count). The molecule has 166 valence electrons. The summed E-state index contributed by atoms with van der Waals surface area (Å²) in [5.74, 6) is 0.565. The Morgan fingerprint density at radius 1 is 1.03 bits per heavy atom. The van der Waals surface area contributed by atoms with Crippen LogP contribution in [-0.2, 0) is 14.8 Å². The van der Waals surface area contributed by atoms with Crippen LogP contribution in [0, 0.1) is 0 Å². The first-order valence-electron chi connectivity index (χ1n) is 10.5. The normalized spacial score (nSPS) is 15.3. The molecule has 0 radical (unpaired) electrons. The van der Waals surface area contributed by atoms with E-state index in [9.17, 15) is 13.2 Å². The summed E-state index contributed by atoms with van der Waals surface area (Å²) in [5.41, 5.74) is 2.61. The van der Waals surface area contributed by atoms with Gasteiger partial charge in [0, 0.05) is 43.7 Å². The van der Waals surface area contributed by atoms with Crippen LogP contribution < -0.4 is 10.1 Å². The van der Waals surface area contributed by atoms with Crippen molar-refractivity contribution in [3.05, 3.63) is 73.1 Å². The monoisotopic (exact) mass is 451 g/mol. The van der Waals surface area contributed by atoms with E-state index in [4.69, 9.17) is 4.74 Å². The first-order chi connectivity index (χ1) is 15.4. The van der Waals surface area contributed by atoms with E-state index in [0.717, 1.165) is 16.9 Å². The molecule has 1 aliphatic rings. The van der Waals surface area contributed by atoms with Gasteiger partial charge in [-0.2, -0.15) is 4.31 Å². The van der Waals surface area contributed by atoms with Crippen LogP contribution >= 0.6 is 0 Å². The summed E-state index contributed by atoms with van der Waals surface area (Å²) in [4.78, 5) is 15.5. The summed E-state index contributed by atoms with van der Waals surface area (Å²) in [5, 5.41) is 2.64. The number of anilines is 1. The van der Waals surface area contributed by atoms with Crippen molar-refractivity contribution in [3.8, 4) is 16.9 Å². The minimum absolute atomic E-state index is 0.0484. The number of nitrogens with zero attached hydrogens (tertiary/aromatic N) is 2. The number of benzene rings is 2. The second-order valence-corrected chi connectivity index (χ2v) is 9.63. The average molecular weight is 452 g/mol. The maximum absolute atomic E-state index is 13.0. The van der Waals surface area contributed by atoms with Crippen LogP contribution in [0.3, 0.4) is 0 Å². The van der Waals surface area contributed by atoms with Crippen LogP contribution in [0.1, 0.15) is 19.8 Å². The summed E-state index contributed by atoms with van der Waals surface area (Å²) in [6.45, 7) is 2.19. The number of carbonyl (C=O) groups excluding carboxylic acids is 1. The maximum Gasteiger partial charge on any atom is 0.243 e. The molecule has 2 aromatic carbocycles. The third-order valence-corrected chi connectivity index (χ3v) is 7.26. The van der Waals surface area contributed by atoms with Gasteiger partial charge in [-0.1, -0.05) is 18.2 Å². The number of aromatic nitrogens is 1. The van der Waals surface area contributed by atoms with E-state index in [-0.39, 0.29) is 16.9 Å². The van der Waals surface area contributed by atoms with Crippen LogP contribution in [0.25, 0.3) is 11.1 Å². The van der Waals surface area contributed by atoms with Crippen LogP contribution in [0.5, 0.6) is 5.75 Å². The van der Waals surface area contributed by atoms with Crippen molar-refractivity contribution in [1.82, 2.24) is 9.29 Å². The van der Waals surface area contributed by atoms with Gasteiger partial charge in [-0.05, 0) is 60.9 Å². The fourth-order valence-electron chi connectivity index (χ4n) is 3.73. The summed E-state index contributed by atoms with van der Waals surface area (Å²) in [6, 6.07) is 18.0. The SMILES string of the molecule is CC(=O)Nc1ccc(S(=O)(=O)N2CCC(Oc3cccc(-c4cccnc4)c3)CC2)cc1. The molecule has 1 saturated heterocycles. The highest BCUT2D eigenvalue weighted by molar-refractivity contribution is 7.89. The maximum atomic E-state index is 13.0. The molecule has 32 heavy (non-hydrogen) atoms. The van der Waals surface area contributed by atoms with Crippen molar-refractivity contribution in [1.29, 1.82) is 0 Å². The Labute approximate surface area is 188 Å². The van der Waals surface area contributed by atoms with Gasteiger partial charge in [-0.25, -0.2) is 8.42 Å². The molecule has 0 aliphatic carbocycles. The molecule has 7 nitrogen and oxygen atoms in total. The predicted molar refractivity (Wildman–Crippen MR) is 123 cm³/mol. The van der Waals surface area contributed by atoms with Gasteiger partial charge in [0.15, 0.2) is 0 Å². The fraction of sp³-hybridized carbons (Fsp3) is 0.250. The number of nitrogens with one attached hydrogen (secondary N) is 1. The number of sulfonamides is 1. The Morgan fingerprint density at radius 2 is 1.75 bits per heavy atom. The number of piperidine rings is 1. The lowest BCUT2D eigenvalue weighted by Crippen LogP contribution is -2.41. The van der Waals surface area contributed by atoms with Crippen molar-refractivity contribution >= 4 is 21.6 Å². The molecule has 1 aliphatic heterocycles. The molecule has 1 fully saturated rings. The van der Waals surface area contributed by atoms with E-state index in [1.165, 1.54) is 23.4 Å². The molecule has 0 saturated carbocycles. The lowest BCUT2D eigenvalue weighted by Gasteiger charge is -2.31. The average Bonchev–Trinajstić information content (AvgIpc) is 2.80. The molecule has 1 N–H and O–H groups in total. The van der Waals surface area contributed by atoms with E-state index in [0.29, 0.717) is 31.6 Å². The Balaban J connectivity index is 1.37. The van der Waals surface area contributed by atoms with Gasteiger partial charge in [0.25, 0.3) is 0 Å². The van der Waals surface area contributed by atoms with Crippen molar-refractivity contribution in [2.45, 2.75) is 30.8 Å². The Morgan fingerprint density at radius 3 is 2.41 bits per heavy atom. The number of amides is 1. The minimum Gasteiger partial charge on any atom is -0.490 e. The van der Waals surface area contributed by atoms with Gasteiger partial charge in [-0.3, -0.25) is 9.78 Å². The van der Waals surface area contributed by atoms with Gasteiger partial charge in [-0.15, -0.1) is 0 Å². The van der Waals surface area contributed by atoms with Crippen molar-refractivity contribution in [3.63, 3.8) is 0 Å². The molecule has 0 bridgehead atoms. The number of hydrogen-bond donors (Lipinski definition) is 1. The summed E-state index contributed by atoms with van der Waals surface area (Å²) < 4.78 is 33.6. The van der Waals surface area contributed by atoms with Crippen molar-refractivity contribution in [2.75, 3.05) is 18.4 Å². The number of ether oxygens (including phenoxy) is 1. The van der Waals surface area contributed by atoms with Gasteiger partial charge in [0.1, 0.15) is 11.9 Å². The van der Waals surface area contributed by atoms with E-state index >= 15 is 0 Å². The highest BCUT2D eigenvalue weighted by Gasteiger charge is 2.30. The molecule has 1 aromatic heterocycles.